The van der Waals surface area contributed by atoms with E-state index in [1.807, 2.05) is 36.5 Å². The van der Waals surface area contributed by atoms with Gasteiger partial charge >= 0.3 is 11.9 Å². The van der Waals surface area contributed by atoms with Crippen molar-refractivity contribution in [3.8, 4) is 5.75 Å². The van der Waals surface area contributed by atoms with Gasteiger partial charge in [-0.15, -0.1) is 11.3 Å². The standard InChI is InChI=1S/C24H26FN3O2S.C2H2O4/c1-15-12-16(24-27-23-19(25)4-2-7-22(23)31-24)9-11-28(15)13-17(29)14-30-21-6-3-5-20-18(21)8-10-26-20;3-1(4)2(5)6/h2-8,10,15-17,26,29H,9,11-14H2,1H3;(H,3,4)(H,5,6)/t15-,16-,17-;/m0./s1. The Morgan fingerprint density at radius 3 is 2.68 bits per heavy atom. The molecule has 0 saturated carbocycles. The Morgan fingerprint density at radius 2 is 1.97 bits per heavy atom. The van der Waals surface area contributed by atoms with E-state index in [0.29, 0.717) is 24.0 Å². The largest absolute Gasteiger partial charge is 0.490 e. The van der Waals surface area contributed by atoms with Gasteiger partial charge < -0.3 is 25.0 Å². The summed E-state index contributed by atoms with van der Waals surface area (Å²) < 4.78 is 20.8. The molecule has 0 bridgehead atoms. The molecular weight excluding hydrogens is 501 g/mol. The molecule has 37 heavy (non-hydrogen) atoms. The van der Waals surface area contributed by atoms with E-state index in [2.05, 4.69) is 21.8 Å². The zero-order valence-electron chi connectivity index (χ0n) is 20.1. The number of ether oxygens (including phenoxy) is 1. The molecule has 3 atom stereocenters. The normalized spacial score (nSPS) is 18.8. The number of aliphatic hydroxyl groups excluding tert-OH is 1. The number of hydrogen-bond donors (Lipinski definition) is 4. The van der Waals surface area contributed by atoms with Gasteiger partial charge in [-0.05, 0) is 56.6 Å². The average molecular weight is 530 g/mol. The highest BCUT2D eigenvalue weighted by Crippen LogP contribution is 2.36. The van der Waals surface area contributed by atoms with Gasteiger partial charge in [-0.1, -0.05) is 12.1 Å². The number of rotatable bonds is 6. The number of nitrogens with one attached hydrogen (secondary N) is 1. The molecule has 4 aromatic rings. The van der Waals surface area contributed by atoms with Crippen LogP contribution in [-0.2, 0) is 9.59 Å². The maximum absolute atomic E-state index is 14.0. The Bertz CT molecular complexity index is 1380. The van der Waals surface area contributed by atoms with Crippen LogP contribution in [0.4, 0.5) is 4.39 Å². The number of β-amino-alcohol motifs (C(OH)–C–C–N with tert-alkyl or cyclic N) is 1. The van der Waals surface area contributed by atoms with Crippen LogP contribution in [0.2, 0.25) is 0 Å². The van der Waals surface area contributed by atoms with Crippen LogP contribution in [-0.4, -0.2) is 74.0 Å². The van der Waals surface area contributed by atoms with E-state index in [1.165, 1.54) is 6.07 Å². The molecule has 2 aromatic heterocycles. The Balaban J connectivity index is 0.000000480. The SMILES string of the molecule is C[C@H]1C[C@@H](c2nc3c(F)cccc3s2)CCN1C[C@H](O)COc1cccc2[nH]ccc12.O=C(O)C(=O)O. The number of H-pyrrole nitrogens is 1. The molecule has 11 heteroatoms. The fourth-order valence-electron chi connectivity index (χ4n) is 4.51. The average Bonchev–Trinajstić information content (AvgIpc) is 3.52. The van der Waals surface area contributed by atoms with Crippen molar-refractivity contribution < 1.29 is 34.0 Å². The number of aliphatic hydroxyl groups is 1. The molecule has 2 aromatic carbocycles. The highest BCUT2D eigenvalue weighted by atomic mass is 32.1. The molecule has 4 N–H and O–H groups in total. The topological polar surface area (TPSA) is 136 Å². The number of aromatic amines is 1. The first-order chi connectivity index (χ1) is 17.7. The van der Waals surface area contributed by atoms with Crippen molar-refractivity contribution in [2.24, 2.45) is 0 Å². The zero-order chi connectivity index (χ0) is 26.5. The number of carbonyl (C=O) groups is 2. The number of aromatic nitrogens is 2. The molecule has 9 nitrogen and oxygen atoms in total. The number of benzene rings is 2. The minimum atomic E-state index is -1.82. The molecule has 1 aliphatic heterocycles. The molecule has 0 aliphatic carbocycles. The van der Waals surface area contributed by atoms with Crippen molar-refractivity contribution in [2.45, 2.75) is 37.8 Å². The fourth-order valence-corrected chi connectivity index (χ4v) is 5.64. The van der Waals surface area contributed by atoms with Crippen LogP contribution >= 0.6 is 11.3 Å². The Labute approximate surface area is 216 Å². The molecule has 1 saturated heterocycles. The second-order valence-electron chi connectivity index (χ2n) is 8.97. The molecule has 1 fully saturated rings. The summed E-state index contributed by atoms with van der Waals surface area (Å²) in [5.74, 6) is -2.77. The van der Waals surface area contributed by atoms with Crippen molar-refractivity contribution >= 4 is 44.4 Å². The van der Waals surface area contributed by atoms with Gasteiger partial charge in [-0.25, -0.2) is 19.0 Å². The van der Waals surface area contributed by atoms with Crippen LogP contribution in [0, 0.1) is 5.82 Å². The summed E-state index contributed by atoms with van der Waals surface area (Å²) in [5, 5.41) is 27.4. The number of carboxylic acid groups (broad SMARTS) is 2. The first-order valence-corrected chi connectivity index (χ1v) is 12.7. The minimum Gasteiger partial charge on any atom is -0.490 e. The number of aliphatic carboxylic acids is 2. The van der Waals surface area contributed by atoms with Crippen LogP contribution in [0.1, 0.15) is 30.7 Å². The molecule has 5 rings (SSSR count). The molecule has 0 amide bonds. The van der Waals surface area contributed by atoms with E-state index in [9.17, 15) is 9.50 Å². The van der Waals surface area contributed by atoms with Gasteiger partial charge in [0.2, 0.25) is 0 Å². The third-order valence-electron chi connectivity index (χ3n) is 6.36. The number of fused-ring (bicyclic) bond motifs is 2. The van der Waals surface area contributed by atoms with E-state index in [1.54, 1.807) is 17.4 Å². The minimum absolute atomic E-state index is 0.246. The summed E-state index contributed by atoms with van der Waals surface area (Å²) in [6, 6.07) is 13.3. The van der Waals surface area contributed by atoms with Crippen molar-refractivity contribution in [1.82, 2.24) is 14.9 Å². The second-order valence-corrected chi connectivity index (χ2v) is 10.0. The molecular formula is C26H28FN3O6S. The Kier molecular flexibility index (Phi) is 8.37. The van der Waals surface area contributed by atoms with E-state index < -0.39 is 18.0 Å². The monoisotopic (exact) mass is 529 g/mol. The van der Waals surface area contributed by atoms with Crippen LogP contribution in [0.3, 0.4) is 0 Å². The van der Waals surface area contributed by atoms with Gasteiger partial charge in [0.15, 0.2) is 0 Å². The summed E-state index contributed by atoms with van der Waals surface area (Å²) in [4.78, 5) is 28.3. The summed E-state index contributed by atoms with van der Waals surface area (Å²) in [5.41, 5.74) is 1.51. The fraction of sp³-hybridized carbons (Fsp3) is 0.346. The third-order valence-corrected chi connectivity index (χ3v) is 7.55. The number of hydrogen-bond acceptors (Lipinski definition) is 7. The molecule has 1 aliphatic rings. The van der Waals surface area contributed by atoms with E-state index >= 15 is 0 Å². The maximum Gasteiger partial charge on any atom is 0.414 e. The predicted octanol–water partition coefficient (Wildman–Crippen LogP) is 4.08. The van der Waals surface area contributed by atoms with Crippen molar-refractivity contribution in [2.75, 3.05) is 19.7 Å². The Hall–Kier alpha value is -3.54. The number of halogens is 1. The Morgan fingerprint density at radius 1 is 1.22 bits per heavy atom. The summed E-state index contributed by atoms with van der Waals surface area (Å²) >= 11 is 1.60. The van der Waals surface area contributed by atoms with Crippen LogP contribution in [0.25, 0.3) is 21.1 Å². The smallest absolute Gasteiger partial charge is 0.414 e. The van der Waals surface area contributed by atoms with Gasteiger partial charge in [0.05, 0.1) is 9.71 Å². The van der Waals surface area contributed by atoms with Crippen molar-refractivity contribution in [1.29, 1.82) is 0 Å². The zero-order valence-corrected chi connectivity index (χ0v) is 20.9. The molecule has 196 valence electrons. The van der Waals surface area contributed by atoms with E-state index in [0.717, 1.165) is 45.7 Å². The van der Waals surface area contributed by atoms with Crippen molar-refractivity contribution in [3.05, 3.63) is 59.5 Å². The lowest BCUT2D eigenvalue weighted by Crippen LogP contribution is -2.45. The van der Waals surface area contributed by atoms with Gasteiger partial charge in [0, 0.05) is 35.6 Å². The van der Waals surface area contributed by atoms with Crippen LogP contribution < -0.4 is 4.74 Å². The number of carboxylic acids is 2. The van der Waals surface area contributed by atoms with Gasteiger partial charge in [0.25, 0.3) is 0 Å². The lowest BCUT2D eigenvalue weighted by atomic mass is 9.92. The number of nitrogens with zero attached hydrogens (tertiary/aromatic N) is 2. The molecule has 0 unspecified atom stereocenters. The van der Waals surface area contributed by atoms with E-state index in [-0.39, 0.29) is 12.4 Å². The van der Waals surface area contributed by atoms with Crippen molar-refractivity contribution in [3.63, 3.8) is 0 Å². The summed E-state index contributed by atoms with van der Waals surface area (Å²) in [7, 11) is 0. The predicted molar refractivity (Wildman–Crippen MR) is 138 cm³/mol. The highest BCUT2D eigenvalue weighted by molar-refractivity contribution is 7.18. The van der Waals surface area contributed by atoms with Gasteiger partial charge in [0.1, 0.15) is 29.8 Å². The maximum atomic E-state index is 14.0. The van der Waals surface area contributed by atoms with Crippen LogP contribution in [0.5, 0.6) is 5.75 Å². The number of piperidine rings is 1. The highest BCUT2D eigenvalue weighted by Gasteiger charge is 2.30. The summed E-state index contributed by atoms with van der Waals surface area (Å²) in [6.07, 6.45) is 3.24. The van der Waals surface area contributed by atoms with Crippen LogP contribution in [0.15, 0.2) is 48.7 Å². The lowest BCUT2D eigenvalue weighted by molar-refractivity contribution is -0.159. The molecule has 3 heterocycles. The molecule has 0 radical (unpaired) electrons. The number of para-hydroxylation sites is 1. The lowest BCUT2D eigenvalue weighted by Gasteiger charge is -2.38. The third kappa shape index (κ3) is 6.43. The van der Waals surface area contributed by atoms with E-state index in [4.69, 9.17) is 24.5 Å². The van der Waals surface area contributed by atoms with Gasteiger partial charge in [-0.3, -0.25) is 4.90 Å². The number of thiazole rings is 1. The quantitative estimate of drug-likeness (QED) is 0.274. The number of likely N-dealkylation sites (tertiary alicyclic amines) is 1. The molecule has 0 spiro atoms. The first-order valence-electron chi connectivity index (χ1n) is 11.8. The summed E-state index contributed by atoms with van der Waals surface area (Å²) in [6.45, 7) is 3.91. The van der Waals surface area contributed by atoms with Gasteiger partial charge in [-0.2, -0.15) is 0 Å². The second kappa shape index (κ2) is 11.7. The first kappa shape index (κ1) is 26.5.